The molecule has 21 heavy (non-hydrogen) atoms. The zero-order chi connectivity index (χ0) is 14.5. The number of ether oxygens (including phenoxy) is 3. The first-order valence-corrected chi connectivity index (χ1v) is 7.81. The lowest BCUT2D eigenvalue weighted by atomic mass is 10.3. The number of anilines is 1. The summed E-state index contributed by atoms with van der Waals surface area (Å²) in [7, 11) is 0. The van der Waals surface area contributed by atoms with E-state index in [2.05, 4.69) is 0 Å². The van der Waals surface area contributed by atoms with Crippen LogP contribution in [0, 0.1) is 0 Å². The van der Waals surface area contributed by atoms with E-state index in [0.29, 0.717) is 25.5 Å². The molecule has 3 rings (SSSR count). The molecule has 0 saturated heterocycles. The normalized spacial score (nSPS) is 13.0. The van der Waals surface area contributed by atoms with E-state index >= 15 is 0 Å². The van der Waals surface area contributed by atoms with Crippen LogP contribution in [0.25, 0.3) is 0 Å². The third kappa shape index (κ3) is 3.55. The summed E-state index contributed by atoms with van der Waals surface area (Å²) in [4.78, 5) is 1.14. The molecular weight excluding hydrogens is 286 g/mol. The fourth-order valence-corrected chi connectivity index (χ4v) is 2.79. The van der Waals surface area contributed by atoms with Crippen LogP contribution >= 0.6 is 11.8 Å². The summed E-state index contributed by atoms with van der Waals surface area (Å²) >= 11 is 1.72. The third-order valence-corrected chi connectivity index (χ3v) is 4.00. The summed E-state index contributed by atoms with van der Waals surface area (Å²) in [5.74, 6) is 3.22. The summed E-state index contributed by atoms with van der Waals surface area (Å²) in [6.07, 6.45) is 0. The van der Waals surface area contributed by atoms with Crippen molar-refractivity contribution in [3.63, 3.8) is 0 Å². The van der Waals surface area contributed by atoms with E-state index in [9.17, 15) is 0 Å². The molecule has 0 atom stereocenters. The zero-order valence-electron chi connectivity index (χ0n) is 11.6. The fourth-order valence-electron chi connectivity index (χ4n) is 2.04. The minimum absolute atomic E-state index is 0.604. The topological polar surface area (TPSA) is 53.7 Å². The Bertz CT molecular complexity index is 618. The summed E-state index contributed by atoms with van der Waals surface area (Å²) in [5.41, 5.74) is 6.50. The molecule has 0 amide bonds. The van der Waals surface area contributed by atoms with Crippen molar-refractivity contribution in [1.82, 2.24) is 0 Å². The number of nitrogens with two attached hydrogens (primary N) is 1. The lowest BCUT2D eigenvalue weighted by molar-refractivity contribution is 0.171. The van der Waals surface area contributed by atoms with Crippen LogP contribution in [0.2, 0.25) is 0 Å². The number of para-hydroxylation sites is 2. The van der Waals surface area contributed by atoms with Gasteiger partial charge in [-0.3, -0.25) is 0 Å². The van der Waals surface area contributed by atoms with Crippen LogP contribution in [-0.4, -0.2) is 25.6 Å². The predicted molar refractivity (Wildman–Crippen MR) is 84.5 cm³/mol. The van der Waals surface area contributed by atoms with E-state index in [4.69, 9.17) is 19.9 Å². The second-order valence-corrected chi connectivity index (χ2v) is 5.71. The van der Waals surface area contributed by atoms with Crippen LogP contribution in [0.5, 0.6) is 17.2 Å². The van der Waals surface area contributed by atoms with E-state index in [1.54, 1.807) is 11.8 Å². The zero-order valence-corrected chi connectivity index (χ0v) is 12.4. The van der Waals surface area contributed by atoms with E-state index < -0.39 is 0 Å². The van der Waals surface area contributed by atoms with Gasteiger partial charge in [0.05, 0.1) is 12.3 Å². The van der Waals surface area contributed by atoms with Gasteiger partial charge in [-0.1, -0.05) is 12.1 Å². The van der Waals surface area contributed by atoms with Crippen LogP contribution in [0.3, 0.4) is 0 Å². The van der Waals surface area contributed by atoms with Gasteiger partial charge in [-0.2, -0.15) is 0 Å². The Hall–Kier alpha value is -2.01. The molecule has 1 heterocycles. The van der Waals surface area contributed by atoms with Crippen molar-refractivity contribution in [2.45, 2.75) is 4.90 Å². The predicted octanol–water partition coefficient (Wildman–Crippen LogP) is 3.21. The first kappa shape index (κ1) is 13.9. The molecule has 0 saturated carbocycles. The van der Waals surface area contributed by atoms with E-state index in [-0.39, 0.29) is 0 Å². The maximum absolute atomic E-state index is 5.83. The van der Waals surface area contributed by atoms with Crippen molar-refractivity contribution < 1.29 is 14.2 Å². The number of hydrogen-bond donors (Lipinski definition) is 1. The van der Waals surface area contributed by atoms with Crippen molar-refractivity contribution >= 4 is 17.4 Å². The largest absolute Gasteiger partial charge is 0.491 e. The van der Waals surface area contributed by atoms with Gasteiger partial charge in [0.15, 0.2) is 11.5 Å². The highest BCUT2D eigenvalue weighted by Crippen LogP contribution is 2.34. The number of rotatable bonds is 5. The van der Waals surface area contributed by atoms with Crippen LogP contribution in [0.15, 0.2) is 47.4 Å². The van der Waals surface area contributed by atoms with Crippen molar-refractivity contribution in [2.24, 2.45) is 0 Å². The fraction of sp³-hybridized carbons (Fsp3) is 0.250. The second kappa shape index (κ2) is 6.63. The smallest absolute Gasteiger partial charge is 0.162 e. The molecule has 1 aliphatic heterocycles. The lowest BCUT2D eigenvalue weighted by Crippen LogP contribution is -2.15. The van der Waals surface area contributed by atoms with Gasteiger partial charge in [0.1, 0.15) is 19.0 Å². The highest BCUT2D eigenvalue weighted by atomic mass is 32.2. The Balaban J connectivity index is 1.50. The molecule has 4 nitrogen and oxygen atoms in total. The van der Waals surface area contributed by atoms with Crippen molar-refractivity contribution in [2.75, 3.05) is 31.3 Å². The van der Waals surface area contributed by atoms with Gasteiger partial charge < -0.3 is 19.9 Å². The molecule has 5 heteroatoms. The molecule has 0 aliphatic carbocycles. The maximum atomic E-state index is 5.83. The number of benzene rings is 2. The monoisotopic (exact) mass is 303 g/mol. The van der Waals surface area contributed by atoms with Gasteiger partial charge in [0, 0.05) is 10.6 Å². The van der Waals surface area contributed by atoms with Gasteiger partial charge in [-0.15, -0.1) is 11.8 Å². The summed E-state index contributed by atoms with van der Waals surface area (Å²) in [6.45, 7) is 1.83. The van der Waals surface area contributed by atoms with Gasteiger partial charge >= 0.3 is 0 Å². The number of nitrogen functional groups attached to an aromatic ring is 1. The van der Waals surface area contributed by atoms with Crippen molar-refractivity contribution in [3.8, 4) is 17.2 Å². The quantitative estimate of drug-likeness (QED) is 0.522. The molecule has 0 unspecified atom stereocenters. The van der Waals surface area contributed by atoms with E-state index in [1.165, 1.54) is 0 Å². The molecule has 1 aliphatic rings. The van der Waals surface area contributed by atoms with Crippen LogP contribution < -0.4 is 19.9 Å². The molecule has 2 N–H and O–H groups in total. The molecule has 0 bridgehead atoms. The Labute approximate surface area is 128 Å². The minimum Gasteiger partial charge on any atom is -0.491 e. The molecule has 0 fully saturated rings. The first-order chi connectivity index (χ1) is 10.3. The Kier molecular flexibility index (Phi) is 4.40. The molecule has 2 aromatic rings. The summed E-state index contributed by atoms with van der Waals surface area (Å²) < 4.78 is 16.7. The molecule has 2 aromatic carbocycles. The van der Waals surface area contributed by atoms with Gasteiger partial charge in [0.2, 0.25) is 0 Å². The highest BCUT2D eigenvalue weighted by molar-refractivity contribution is 7.99. The number of thioether (sulfide) groups is 1. The number of fused-ring (bicyclic) bond motifs is 1. The molecular formula is C16H17NO3S. The second-order valence-electron chi connectivity index (χ2n) is 4.54. The molecule has 110 valence electrons. The van der Waals surface area contributed by atoms with E-state index in [1.807, 2.05) is 42.5 Å². The molecule has 0 spiro atoms. The minimum atomic E-state index is 0.604. The summed E-state index contributed by atoms with van der Waals surface area (Å²) in [6, 6.07) is 13.5. The summed E-state index contributed by atoms with van der Waals surface area (Å²) in [5, 5.41) is 0. The van der Waals surface area contributed by atoms with Crippen molar-refractivity contribution in [3.05, 3.63) is 42.5 Å². The molecule has 0 radical (unpaired) electrons. The van der Waals surface area contributed by atoms with Crippen LogP contribution in [-0.2, 0) is 0 Å². The Morgan fingerprint density at radius 3 is 2.71 bits per heavy atom. The number of hydrogen-bond acceptors (Lipinski definition) is 5. The van der Waals surface area contributed by atoms with Crippen LogP contribution in [0.4, 0.5) is 5.69 Å². The maximum Gasteiger partial charge on any atom is 0.162 e. The van der Waals surface area contributed by atoms with Crippen molar-refractivity contribution in [1.29, 1.82) is 0 Å². The van der Waals surface area contributed by atoms with Gasteiger partial charge in [-0.05, 0) is 30.3 Å². The Morgan fingerprint density at radius 2 is 1.86 bits per heavy atom. The average Bonchev–Trinajstić information content (AvgIpc) is 2.53. The van der Waals surface area contributed by atoms with Crippen LogP contribution in [0.1, 0.15) is 0 Å². The van der Waals surface area contributed by atoms with E-state index in [0.717, 1.165) is 27.9 Å². The molecule has 0 aromatic heterocycles. The first-order valence-electron chi connectivity index (χ1n) is 6.83. The van der Waals surface area contributed by atoms with Gasteiger partial charge in [-0.25, -0.2) is 0 Å². The average molecular weight is 303 g/mol. The SMILES string of the molecule is Nc1ccccc1OCCSc1ccc2c(c1)OCCO2. The van der Waals surface area contributed by atoms with Gasteiger partial charge in [0.25, 0.3) is 0 Å². The lowest BCUT2D eigenvalue weighted by Gasteiger charge is -2.18. The standard InChI is InChI=1S/C16H17NO3S/c17-13-3-1-2-4-14(13)20-9-10-21-12-5-6-15-16(11-12)19-8-7-18-15/h1-6,11H,7-10,17H2. The highest BCUT2D eigenvalue weighted by Gasteiger charge is 2.11. The third-order valence-electron chi connectivity index (χ3n) is 3.04. The Morgan fingerprint density at radius 1 is 1.05 bits per heavy atom.